The van der Waals surface area contributed by atoms with Crippen LogP contribution in [0.25, 0.3) is 0 Å². The first-order valence-electron chi connectivity index (χ1n) is 3.51. The Morgan fingerprint density at radius 1 is 1.73 bits per heavy atom. The van der Waals surface area contributed by atoms with E-state index in [1.165, 1.54) is 0 Å². The standard InChI is InChI=1S/C6H11N3O2/c7-9-6(11)4-1-2-5(10)8-3-4/h4H,1-3,7H2,(H,8,10)(H,9,11). The summed E-state index contributed by atoms with van der Waals surface area (Å²) in [4.78, 5) is 21.5. The number of hydrogen-bond donors (Lipinski definition) is 3. The molecule has 5 heteroatoms. The molecule has 1 saturated heterocycles. The Balaban J connectivity index is 2.39. The molecule has 1 rings (SSSR count). The van der Waals surface area contributed by atoms with Gasteiger partial charge in [0.2, 0.25) is 11.8 Å². The third-order valence-corrected chi connectivity index (χ3v) is 1.78. The monoisotopic (exact) mass is 157 g/mol. The van der Waals surface area contributed by atoms with Crippen LogP contribution >= 0.6 is 0 Å². The quantitative estimate of drug-likeness (QED) is 0.246. The second-order valence-electron chi connectivity index (χ2n) is 2.55. The van der Waals surface area contributed by atoms with Crippen molar-refractivity contribution >= 4 is 11.8 Å². The lowest BCUT2D eigenvalue weighted by molar-refractivity contribution is -0.128. The van der Waals surface area contributed by atoms with E-state index < -0.39 is 0 Å². The highest BCUT2D eigenvalue weighted by Gasteiger charge is 2.23. The van der Waals surface area contributed by atoms with E-state index in [9.17, 15) is 9.59 Å². The molecule has 62 valence electrons. The van der Waals surface area contributed by atoms with Crippen molar-refractivity contribution < 1.29 is 9.59 Å². The van der Waals surface area contributed by atoms with Crippen LogP contribution in [-0.4, -0.2) is 18.4 Å². The van der Waals surface area contributed by atoms with Gasteiger partial charge in [0.25, 0.3) is 0 Å². The van der Waals surface area contributed by atoms with Crippen LogP contribution in [0.2, 0.25) is 0 Å². The van der Waals surface area contributed by atoms with Gasteiger partial charge in [-0.15, -0.1) is 0 Å². The van der Waals surface area contributed by atoms with Crippen molar-refractivity contribution in [2.45, 2.75) is 12.8 Å². The average Bonchev–Trinajstić information content (AvgIpc) is 2.05. The number of rotatable bonds is 1. The van der Waals surface area contributed by atoms with E-state index >= 15 is 0 Å². The molecule has 1 unspecified atom stereocenters. The zero-order valence-electron chi connectivity index (χ0n) is 6.09. The lowest BCUT2D eigenvalue weighted by Crippen LogP contribution is -2.44. The SMILES string of the molecule is NNC(=O)C1CCC(=O)NC1. The van der Waals surface area contributed by atoms with E-state index in [1.54, 1.807) is 0 Å². The molecule has 2 amide bonds. The maximum atomic E-state index is 10.9. The van der Waals surface area contributed by atoms with Crippen molar-refractivity contribution in [3.63, 3.8) is 0 Å². The van der Waals surface area contributed by atoms with Crippen molar-refractivity contribution in [1.82, 2.24) is 10.7 Å². The Labute approximate surface area is 64.3 Å². The number of nitrogens with one attached hydrogen (secondary N) is 2. The molecule has 11 heavy (non-hydrogen) atoms. The molecular formula is C6H11N3O2. The van der Waals surface area contributed by atoms with Crippen LogP contribution in [0.4, 0.5) is 0 Å². The average molecular weight is 157 g/mol. The summed E-state index contributed by atoms with van der Waals surface area (Å²) in [6.45, 7) is 0.405. The summed E-state index contributed by atoms with van der Waals surface area (Å²) in [6, 6.07) is 0. The minimum atomic E-state index is -0.204. The normalized spacial score (nSPS) is 24.1. The minimum Gasteiger partial charge on any atom is -0.355 e. The van der Waals surface area contributed by atoms with Crippen LogP contribution in [0.15, 0.2) is 0 Å². The van der Waals surface area contributed by atoms with Gasteiger partial charge in [-0.1, -0.05) is 0 Å². The third kappa shape index (κ3) is 1.91. The predicted molar refractivity (Wildman–Crippen MR) is 38.1 cm³/mol. The Hall–Kier alpha value is -1.10. The van der Waals surface area contributed by atoms with E-state index in [2.05, 4.69) is 10.7 Å². The number of piperidine rings is 1. The molecule has 0 aromatic rings. The van der Waals surface area contributed by atoms with E-state index in [-0.39, 0.29) is 17.7 Å². The van der Waals surface area contributed by atoms with Gasteiger partial charge in [0.15, 0.2) is 0 Å². The minimum absolute atomic E-state index is 0.00562. The summed E-state index contributed by atoms with van der Waals surface area (Å²) in [6.07, 6.45) is 1.01. The maximum Gasteiger partial charge on any atom is 0.238 e. The number of carbonyl (C=O) groups is 2. The Bertz CT molecular complexity index is 171. The summed E-state index contributed by atoms with van der Waals surface area (Å²) < 4.78 is 0. The summed E-state index contributed by atoms with van der Waals surface area (Å²) in [5, 5.41) is 2.59. The fourth-order valence-electron chi connectivity index (χ4n) is 1.07. The molecule has 0 aliphatic carbocycles. The third-order valence-electron chi connectivity index (χ3n) is 1.78. The molecule has 1 aliphatic heterocycles. The second kappa shape index (κ2) is 3.34. The molecule has 1 aliphatic rings. The molecule has 0 spiro atoms. The van der Waals surface area contributed by atoms with Crippen LogP contribution in [0.5, 0.6) is 0 Å². The molecule has 1 fully saturated rings. The van der Waals surface area contributed by atoms with E-state index in [1.807, 2.05) is 0 Å². The molecule has 1 atom stereocenters. The summed E-state index contributed by atoms with van der Waals surface area (Å²) in [5.74, 6) is 4.57. The molecular weight excluding hydrogens is 146 g/mol. The van der Waals surface area contributed by atoms with Gasteiger partial charge >= 0.3 is 0 Å². The number of carbonyl (C=O) groups excluding carboxylic acids is 2. The Morgan fingerprint density at radius 3 is 2.91 bits per heavy atom. The first-order chi connectivity index (χ1) is 5.24. The van der Waals surface area contributed by atoms with Crippen molar-refractivity contribution in [3.05, 3.63) is 0 Å². The van der Waals surface area contributed by atoms with Crippen LogP contribution < -0.4 is 16.6 Å². The van der Waals surface area contributed by atoms with Gasteiger partial charge in [0.1, 0.15) is 0 Å². The molecule has 5 nitrogen and oxygen atoms in total. The van der Waals surface area contributed by atoms with E-state index in [4.69, 9.17) is 5.84 Å². The summed E-state index contributed by atoms with van der Waals surface area (Å²) in [5.41, 5.74) is 2.06. The largest absolute Gasteiger partial charge is 0.355 e. The van der Waals surface area contributed by atoms with Crippen LogP contribution in [-0.2, 0) is 9.59 Å². The van der Waals surface area contributed by atoms with E-state index in [0.717, 1.165) is 0 Å². The lowest BCUT2D eigenvalue weighted by atomic mass is 9.99. The number of nitrogens with two attached hydrogens (primary N) is 1. The van der Waals surface area contributed by atoms with Crippen molar-refractivity contribution in [2.24, 2.45) is 11.8 Å². The number of amides is 2. The van der Waals surface area contributed by atoms with Gasteiger partial charge in [-0.2, -0.15) is 0 Å². The summed E-state index contributed by atoms with van der Waals surface area (Å²) in [7, 11) is 0. The molecule has 0 bridgehead atoms. The predicted octanol–water partition coefficient (Wildman–Crippen LogP) is -1.50. The molecule has 0 radical (unpaired) electrons. The first kappa shape index (κ1) is 8.00. The van der Waals surface area contributed by atoms with Gasteiger partial charge in [0, 0.05) is 13.0 Å². The maximum absolute atomic E-state index is 10.9. The molecule has 1 heterocycles. The smallest absolute Gasteiger partial charge is 0.238 e. The van der Waals surface area contributed by atoms with Crippen molar-refractivity contribution in [3.8, 4) is 0 Å². The molecule has 4 N–H and O–H groups in total. The number of hydrazine groups is 1. The van der Waals surface area contributed by atoms with Crippen molar-refractivity contribution in [2.75, 3.05) is 6.54 Å². The van der Waals surface area contributed by atoms with Gasteiger partial charge in [-0.3, -0.25) is 15.0 Å². The lowest BCUT2D eigenvalue weighted by Gasteiger charge is -2.20. The van der Waals surface area contributed by atoms with Crippen LogP contribution in [0.1, 0.15) is 12.8 Å². The fraction of sp³-hybridized carbons (Fsp3) is 0.667. The Morgan fingerprint density at radius 2 is 2.45 bits per heavy atom. The molecule has 0 aromatic heterocycles. The summed E-state index contributed by atoms with van der Waals surface area (Å²) >= 11 is 0. The topological polar surface area (TPSA) is 84.2 Å². The fourth-order valence-corrected chi connectivity index (χ4v) is 1.07. The van der Waals surface area contributed by atoms with Gasteiger partial charge in [-0.25, -0.2) is 5.84 Å². The molecule has 0 saturated carbocycles. The van der Waals surface area contributed by atoms with E-state index in [0.29, 0.717) is 19.4 Å². The molecule has 0 aromatic carbocycles. The highest BCUT2D eigenvalue weighted by atomic mass is 16.2. The zero-order valence-corrected chi connectivity index (χ0v) is 6.09. The van der Waals surface area contributed by atoms with Crippen molar-refractivity contribution in [1.29, 1.82) is 0 Å². The van der Waals surface area contributed by atoms with Gasteiger partial charge in [-0.05, 0) is 6.42 Å². The van der Waals surface area contributed by atoms with Crippen LogP contribution in [0.3, 0.4) is 0 Å². The highest BCUT2D eigenvalue weighted by Crippen LogP contribution is 2.09. The first-order valence-corrected chi connectivity index (χ1v) is 3.51. The zero-order chi connectivity index (χ0) is 8.27. The van der Waals surface area contributed by atoms with Gasteiger partial charge in [0.05, 0.1) is 5.92 Å². The van der Waals surface area contributed by atoms with Crippen LogP contribution in [0, 0.1) is 5.92 Å². The number of hydrogen-bond acceptors (Lipinski definition) is 3. The van der Waals surface area contributed by atoms with Gasteiger partial charge < -0.3 is 5.32 Å². The second-order valence-corrected chi connectivity index (χ2v) is 2.55. The Kier molecular flexibility index (Phi) is 2.43. The highest BCUT2D eigenvalue weighted by molar-refractivity contribution is 5.83.